The van der Waals surface area contributed by atoms with Crippen molar-refractivity contribution in [2.75, 3.05) is 0 Å². The highest BCUT2D eigenvalue weighted by Crippen LogP contribution is 2.48. The van der Waals surface area contributed by atoms with Gasteiger partial charge in [-0.3, -0.25) is 0 Å². The van der Waals surface area contributed by atoms with Gasteiger partial charge in [0, 0.05) is 12.1 Å². The van der Waals surface area contributed by atoms with Crippen LogP contribution in [-0.2, 0) is 26.4 Å². The molecule has 0 saturated carbocycles. The Balaban J connectivity index is 1.19. The third-order valence-electron chi connectivity index (χ3n) is 8.52. The highest BCUT2D eigenvalue weighted by Gasteiger charge is 2.40. The average molecular weight is 667 g/mol. The lowest BCUT2D eigenvalue weighted by Crippen LogP contribution is -2.34. The van der Waals surface area contributed by atoms with E-state index in [9.17, 15) is 10.2 Å². The van der Waals surface area contributed by atoms with Crippen molar-refractivity contribution in [1.29, 1.82) is 0 Å². The maximum absolute atomic E-state index is 11.6. The molecule has 50 heavy (non-hydrogen) atoms. The van der Waals surface area contributed by atoms with Crippen LogP contribution in [0.1, 0.15) is 45.6 Å². The highest BCUT2D eigenvalue weighted by molar-refractivity contribution is 5.55. The summed E-state index contributed by atoms with van der Waals surface area (Å²) in [7, 11) is 0. The molecule has 1 aliphatic rings. The zero-order valence-electron chi connectivity index (χ0n) is 27.4. The maximum atomic E-state index is 11.6. The molecule has 1 unspecified atom stereocenters. The van der Waals surface area contributed by atoms with Gasteiger partial charge < -0.3 is 33.9 Å². The molecule has 0 fully saturated rings. The number of aliphatic hydroxyl groups excluding tert-OH is 2. The van der Waals surface area contributed by atoms with Gasteiger partial charge in [0.15, 0.2) is 17.6 Å². The molecule has 0 radical (unpaired) electrons. The van der Waals surface area contributed by atoms with E-state index < -0.39 is 18.3 Å². The molecule has 3 atom stereocenters. The molecular weight excluding hydrogens is 628 g/mol. The number of aliphatic hydroxyl groups is 2. The van der Waals surface area contributed by atoms with Crippen molar-refractivity contribution in [3.63, 3.8) is 0 Å². The minimum absolute atomic E-state index is 0.258. The van der Waals surface area contributed by atoms with Crippen molar-refractivity contribution in [1.82, 2.24) is 0 Å². The van der Waals surface area contributed by atoms with Gasteiger partial charge in [-0.25, -0.2) is 0 Å². The predicted molar refractivity (Wildman–Crippen MR) is 190 cm³/mol. The minimum atomic E-state index is -1.31. The molecule has 1 heterocycles. The summed E-state index contributed by atoms with van der Waals surface area (Å²) in [5, 5.41) is 23.2. The Morgan fingerprint density at radius 3 is 1.44 bits per heavy atom. The Morgan fingerprint density at radius 2 is 0.920 bits per heavy atom. The van der Waals surface area contributed by atoms with E-state index in [1.54, 1.807) is 18.2 Å². The standard InChI is InChI=1S/C43H38O7/c44-41-40-38(49-29-33-19-11-4-12-20-33)24-35(46-26-30-13-5-1-6-14-30)25-39(40)50-43(42(41)45)34-21-22-36(47-27-31-15-7-2-8-16-31)37(23-34)48-28-32-17-9-3-10-18-32/h1-25,41-45H,26-29H2/t41-,42-,43?/m0/s1. The Labute approximate surface area is 291 Å². The first-order valence-corrected chi connectivity index (χ1v) is 16.6. The summed E-state index contributed by atoms with van der Waals surface area (Å²) in [6, 6.07) is 48.3. The second kappa shape index (κ2) is 15.6. The maximum Gasteiger partial charge on any atom is 0.162 e. The summed E-state index contributed by atoms with van der Waals surface area (Å²) in [6.45, 7) is 1.26. The van der Waals surface area contributed by atoms with E-state index in [0.29, 0.717) is 59.7 Å². The van der Waals surface area contributed by atoms with Crippen LogP contribution >= 0.6 is 0 Å². The van der Waals surface area contributed by atoms with Crippen LogP contribution < -0.4 is 23.7 Å². The van der Waals surface area contributed by atoms with Crippen molar-refractivity contribution in [2.24, 2.45) is 0 Å². The Hall–Kier alpha value is -5.76. The van der Waals surface area contributed by atoms with Gasteiger partial charge in [-0.2, -0.15) is 0 Å². The number of rotatable bonds is 13. The molecule has 0 aromatic heterocycles. The lowest BCUT2D eigenvalue weighted by molar-refractivity contribution is -0.0714. The van der Waals surface area contributed by atoms with Gasteiger partial charge in [0.25, 0.3) is 0 Å². The molecule has 0 aliphatic carbocycles. The monoisotopic (exact) mass is 666 g/mol. The largest absolute Gasteiger partial charge is 0.489 e. The van der Waals surface area contributed by atoms with E-state index in [1.807, 2.05) is 133 Å². The molecule has 7 heteroatoms. The van der Waals surface area contributed by atoms with E-state index in [1.165, 1.54) is 0 Å². The first kappa shape index (κ1) is 32.8. The van der Waals surface area contributed by atoms with Gasteiger partial charge in [-0.15, -0.1) is 0 Å². The summed E-state index contributed by atoms with van der Waals surface area (Å²) in [4.78, 5) is 0. The molecule has 0 amide bonds. The molecule has 7 rings (SSSR count). The minimum Gasteiger partial charge on any atom is -0.489 e. The van der Waals surface area contributed by atoms with E-state index in [2.05, 4.69) is 0 Å². The average Bonchev–Trinajstić information content (AvgIpc) is 3.17. The molecule has 2 N–H and O–H groups in total. The first-order valence-electron chi connectivity index (χ1n) is 16.6. The van der Waals surface area contributed by atoms with Gasteiger partial charge in [0.2, 0.25) is 0 Å². The summed E-state index contributed by atoms with van der Waals surface area (Å²) in [6.07, 6.45) is -3.54. The normalized spacial score (nSPS) is 16.5. The molecule has 0 spiro atoms. The number of ether oxygens (including phenoxy) is 5. The molecule has 0 bridgehead atoms. The summed E-state index contributed by atoms with van der Waals surface area (Å²) in [5.74, 6) is 2.28. The highest BCUT2D eigenvalue weighted by atomic mass is 16.5. The van der Waals surface area contributed by atoms with Gasteiger partial charge >= 0.3 is 0 Å². The lowest BCUT2D eigenvalue weighted by atomic mass is 9.91. The van der Waals surface area contributed by atoms with Crippen LogP contribution in [0.3, 0.4) is 0 Å². The summed E-state index contributed by atoms with van der Waals surface area (Å²) >= 11 is 0. The fourth-order valence-electron chi connectivity index (χ4n) is 5.86. The van der Waals surface area contributed by atoms with Crippen LogP contribution in [0.15, 0.2) is 152 Å². The summed E-state index contributed by atoms with van der Waals surface area (Å²) < 4.78 is 31.4. The van der Waals surface area contributed by atoms with E-state index in [4.69, 9.17) is 23.7 Å². The molecule has 6 aromatic rings. The van der Waals surface area contributed by atoms with E-state index in [-0.39, 0.29) is 6.61 Å². The zero-order valence-corrected chi connectivity index (χ0v) is 27.4. The van der Waals surface area contributed by atoms with Crippen LogP contribution in [-0.4, -0.2) is 16.3 Å². The van der Waals surface area contributed by atoms with Crippen LogP contribution in [0.5, 0.6) is 28.7 Å². The number of fused-ring (bicyclic) bond motifs is 1. The fourth-order valence-corrected chi connectivity index (χ4v) is 5.86. The van der Waals surface area contributed by atoms with Crippen LogP contribution in [0, 0.1) is 0 Å². The third-order valence-corrected chi connectivity index (χ3v) is 8.52. The van der Waals surface area contributed by atoms with Crippen molar-refractivity contribution >= 4 is 0 Å². The quantitative estimate of drug-likeness (QED) is 0.128. The van der Waals surface area contributed by atoms with Crippen LogP contribution in [0.2, 0.25) is 0 Å². The van der Waals surface area contributed by atoms with E-state index in [0.717, 1.165) is 22.3 Å². The number of benzene rings is 6. The molecular formula is C43H38O7. The van der Waals surface area contributed by atoms with Crippen molar-refractivity contribution < 1.29 is 33.9 Å². The molecule has 6 aromatic carbocycles. The Morgan fingerprint density at radius 1 is 0.460 bits per heavy atom. The number of hydrogen-bond donors (Lipinski definition) is 2. The smallest absolute Gasteiger partial charge is 0.162 e. The van der Waals surface area contributed by atoms with Crippen LogP contribution in [0.4, 0.5) is 0 Å². The van der Waals surface area contributed by atoms with Crippen molar-refractivity contribution in [3.05, 3.63) is 185 Å². The van der Waals surface area contributed by atoms with Gasteiger partial charge in [0.05, 0.1) is 5.56 Å². The first-order chi connectivity index (χ1) is 24.6. The predicted octanol–water partition coefficient (Wildman–Crippen LogP) is 8.53. The Kier molecular flexibility index (Phi) is 10.2. The second-order valence-corrected chi connectivity index (χ2v) is 12.1. The molecule has 0 saturated heterocycles. The Bertz CT molecular complexity index is 1970. The van der Waals surface area contributed by atoms with Crippen molar-refractivity contribution in [3.8, 4) is 28.7 Å². The molecule has 7 nitrogen and oxygen atoms in total. The van der Waals surface area contributed by atoms with Gasteiger partial charge in [-0.1, -0.05) is 127 Å². The molecule has 1 aliphatic heterocycles. The zero-order chi connectivity index (χ0) is 34.1. The van der Waals surface area contributed by atoms with Crippen molar-refractivity contribution in [2.45, 2.75) is 44.7 Å². The number of hydrogen-bond acceptors (Lipinski definition) is 7. The lowest BCUT2D eigenvalue weighted by Gasteiger charge is -2.36. The third kappa shape index (κ3) is 7.92. The van der Waals surface area contributed by atoms with Gasteiger partial charge in [-0.05, 0) is 39.9 Å². The second-order valence-electron chi connectivity index (χ2n) is 12.1. The van der Waals surface area contributed by atoms with E-state index >= 15 is 0 Å². The van der Waals surface area contributed by atoms with Crippen LogP contribution in [0.25, 0.3) is 0 Å². The fraction of sp³-hybridized carbons (Fsp3) is 0.163. The topological polar surface area (TPSA) is 86.6 Å². The SMILES string of the molecule is O[C@@H]1C(c2ccc(OCc3ccccc3)c(OCc3ccccc3)c2)Oc2cc(OCc3ccccc3)cc(OCc3ccccc3)c2[C@@H]1O. The van der Waals surface area contributed by atoms with Gasteiger partial charge in [0.1, 0.15) is 55.9 Å². The molecule has 252 valence electrons. The summed E-state index contributed by atoms with van der Waals surface area (Å²) in [5.41, 5.74) is 4.95.